The Balaban J connectivity index is 2.40. The first kappa shape index (κ1) is 17.6. The normalized spacial score (nSPS) is 14.3. The highest BCUT2D eigenvalue weighted by Crippen LogP contribution is 2.31. The van der Waals surface area contributed by atoms with E-state index >= 15 is 0 Å². The van der Waals surface area contributed by atoms with E-state index in [0.717, 1.165) is 4.90 Å². The van der Waals surface area contributed by atoms with Gasteiger partial charge in [-0.15, -0.1) is 0 Å². The van der Waals surface area contributed by atoms with Gasteiger partial charge in [0.1, 0.15) is 12.3 Å². The van der Waals surface area contributed by atoms with Crippen LogP contribution in [0.5, 0.6) is 0 Å². The monoisotopic (exact) mass is 332 g/mol. The van der Waals surface area contributed by atoms with Crippen molar-refractivity contribution >= 4 is 29.7 Å². The van der Waals surface area contributed by atoms with Gasteiger partial charge in [-0.3, -0.25) is 19.3 Å². The van der Waals surface area contributed by atoms with Gasteiger partial charge in [0, 0.05) is 32.2 Å². The number of hydrogen-bond acceptors (Lipinski definition) is 6. The zero-order chi connectivity index (χ0) is 17.7. The number of anilines is 1. The molecule has 0 radical (unpaired) electrons. The predicted octanol–water partition coefficient (Wildman–Crippen LogP) is -0.253. The molecule has 0 spiro atoms. The summed E-state index contributed by atoms with van der Waals surface area (Å²) in [7, 11) is 1.42. The summed E-state index contributed by atoms with van der Waals surface area (Å²) >= 11 is 0. The number of rotatable bonds is 8. The number of likely N-dealkylation sites (N-methyl/N-ethyl adjacent to an activating group) is 1. The van der Waals surface area contributed by atoms with Crippen molar-refractivity contribution in [1.29, 1.82) is 0 Å². The minimum Gasteiger partial charge on any atom is -0.383 e. The van der Waals surface area contributed by atoms with Crippen molar-refractivity contribution in [3.63, 3.8) is 0 Å². The Morgan fingerprint density at radius 2 is 2.08 bits per heavy atom. The molecular weight excluding hydrogens is 312 g/mol. The first-order chi connectivity index (χ1) is 11.6. The summed E-state index contributed by atoms with van der Waals surface area (Å²) in [6.07, 6.45) is 0.812. The molecule has 0 saturated carbocycles. The van der Waals surface area contributed by atoms with E-state index in [1.807, 2.05) is 0 Å². The molecule has 4 N–H and O–H groups in total. The van der Waals surface area contributed by atoms with Gasteiger partial charge in [0.15, 0.2) is 0 Å². The summed E-state index contributed by atoms with van der Waals surface area (Å²) in [6.45, 7) is 0.817. The van der Waals surface area contributed by atoms with Crippen molar-refractivity contribution in [1.82, 2.24) is 10.2 Å². The molecule has 1 aromatic carbocycles. The summed E-state index contributed by atoms with van der Waals surface area (Å²) in [5.41, 5.74) is 6.44. The summed E-state index contributed by atoms with van der Waals surface area (Å²) < 4.78 is 0. The second kappa shape index (κ2) is 7.69. The van der Waals surface area contributed by atoms with Crippen molar-refractivity contribution in [2.45, 2.75) is 18.9 Å². The van der Waals surface area contributed by atoms with Crippen LogP contribution in [0, 0.1) is 0 Å². The average Bonchev–Trinajstić information content (AvgIpc) is 2.85. The second-order valence-corrected chi connectivity index (χ2v) is 5.30. The van der Waals surface area contributed by atoms with Crippen molar-refractivity contribution < 1.29 is 19.2 Å². The molecule has 0 saturated heterocycles. The summed E-state index contributed by atoms with van der Waals surface area (Å²) in [4.78, 5) is 49.1. The lowest BCUT2D eigenvalue weighted by Gasteiger charge is -2.24. The van der Waals surface area contributed by atoms with Crippen molar-refractivity contribution in [2.75, 3.05) is 25.5 Å². The van der Waals surface area contributed by atoms with Crippen LogP contribution in [0.15, 0.2) is 18.2 Å². The van der Waals surface area contributed by atoms with Gasteiger partial charge in [-0.05, 0) is 18.6 Å². The van der Waals surface area contributed by atoms with Crippen LogP contribution in [0.3, 0.4) is 0 Å². The third-order valence-electron chi connectivity index (χ3n) is 3.82. The predicted molar refractivity (Wildman–Crippen MR) is 87.6 cm³/mol. The topological polar surface area (TPSA) is 122 Å². The number of benzene rings is 1. The molecule has 0 aromatic heterocycles. The minimum absolute atomic E-state index is 0.0732. The number of nitrogens with zero attached hydrogens (tertiary/aromatic N) is 1. The van der Waals surface area contributed by atoms with E-state index in [1.165, 1.54) is 7.05 Å². The van der Waals surface area contributed by atoms with Crippen LogP contribution < -0.4 is 16.4 Å². The highest BCUT2D eigenvalue weighted by molar-refractivity contribution is 6.25. The fraction of sp³-hybridized carbons (Fsp3) is 0.375. The van der Waals surface area contributed by atoms with Crippen LogP contribution >= 0.6 is 0 Å². The molecule has 1 aromatic rings. The lowest BCUT2D eigenvalue weighted by atomic mass is 10.1. The number of hydrogen-bond donors (Lipinski definition) is 3. The number of aldehydes is 1. The highest BCUT2D eigenvalue weighted by Gasteiger charge is 2.43. The SMILES string of the molecule is CNC(=O)C(CCC=O)N1C(=O)c2cccc(NCCN)c2C1=O. The lowest BCUT2D eigenvalue weighted by molar-refractivity contribution is -0.124. The molecule has 1 unspecified atom stereocenters. The Kier molecular flexibility index (Phi) is 5.64. The fourth-order valence-electron chi connectivity index (χ4n) is 2.71. The highest BCUT2D eigenvalue weighted by atomic mass is 16.2. The molecule has 0 fully saturated rings. The van der Waals surface area contributed by atoms with Crippen LogP contribution in [-0.2, 0) is 9.59 Å². The van der Waals surface area contributed by atoms with E-state index in [4.69, 9.17) is 5.73 Å². The van der Waals surface area contributed by atoms with E-state index in [-0.39, 0.29) is 24.0 Å². The average molecular weight is 332 g/mol. The molecule has 8 nitrogen and oxygen atoms in total. The molecule has 1 heterocycles. The largest absolute Gasteiger partial charge is 0.383 e. The van der Waals surface area contributed by atoms with Gasteiger partial charge in [0.05, 0.1) is 11.1 Å². The van der Waals surface area contributed by atoms with Crippen LogP contribution in [-0.4, -0.2) is 55.1 Å². The van der Waals surface area contributed by atoms with E-state index < -0.39 is 23.8 Å². The number of amides is 3. The standard InChI is InChI=1S/C16H20N4O4/c1-18-14(22)12(6-3-9-21)20-15(23)10-4-2-5-11(19-8-7-17)13(10)16(20)24/h2,4-5,9,12,19H,3,6-8,17H2,1H3,(H,18,22). The number of nitrogens with one attached hydrogen (secondary N) is 2. The maximum Gasteiger partial charge on any atom is 0.264 e. The molecule has 0 aliphatic carbocycles. The Morgan fingerprint density at radius 1 is 1.33 bits per heavy atom. The number of fused-ring (bicyclic) bond motifs is 1. The molecule has 24 heavy (non-hydrogen) atoms. The van der Waals surface area contributed by atoms with Gasteiger partial charge in [0.2, 0.25) is 5.91 Å². The number of carbonyl (C=O) groups is 4. The maximum atomic E-state index is 12.8. The Morgan fingerprint density at radius 3 is 2.71 bits per heavy atom. The van der Waals surface area contributed by atoms with Crippen molar-refractivity contribution in [2.24, 2.45) is 5.73 Å². The number of nitrogens with two attached hydrogens (primary N) is 1. The molecule has 3 amide bonds. The first-order valence-electron chi connectivity index (χ1n) is 7.66. The third kappa shape index (κ3) is 3.13. The van der Waals surface area contributed by atoms with Gasteiger partial charge in [0.25, 0.3) is 11.8 Å². The van der Waals surface area contributed by atoms with Crippen LogP contribution in [0.2, 0.25) is 0 Å². The zero-order valence-corrected chi connectivity index (χ0v) is 13.4. The molecule has 1 aliphatic rings. The van der Waals surface area contributed by atoms with Crippen LogP contribution in [0.4, 0.5) is 5.69 Å². The van der Waals surface area contributed by atoms with Crippen LogP contribution in [0.1, 0.15) is 33.6 Å². The number of carbonyl (C=O) groups excluding carboxylic acids is 4. The summed E-state index contributed by atoms with van der Waals surface area (Å²) in [5.74, 6) is -1.57. The molecule has 128 valence electrons. The summed E-state index contributed by atoms with van der Waals surface area (Å²) in [6, 6.07) is 3.87. The lowest BCUT2D eigenvalue weighted by Crippen LogP contribution is -2.48. The number of imide groups is 1. The van der Waals surface area contributed by atoms with Crippen molar-refractivity contribution in [3.8, 4) is 0 Å². The molecule has 1 atom stereocenters. The Bertz CT molecular complexity index is 674. The Hall–Kier alpha value is -2.74. The molecule has 8 heteroatoms. The Labute approximate surface area is 139 Å². The molecular formula is C16H20N4O4. The van der Waals surface area contributed by atoms with Gasteiger partial charge in [-0.1, -0.05) is 6.07 Å². The van der Waals surface area contributed by atoms with Gasteiger partial charge in [-0.25, -0.2) is 0 Å². The zero-order valence-electron chi connectivity index (χ0n) is 13.4. The molecule has 2 rings (SSSR count). The van der Waals surface area contributed by atoms with E-state index in [1.54, 1.807) is 18.2 Å². The van der Waals surface area contributed by atoms with E-state index in [2.05, 4.69) is 10.6 Å². The summed E-state index contributed by atoms with van der Waals surface area (Å²) in [5, 5.41) is 5.44. The smallest absolute Gasteiger partial charge is 0.264 e. The first-order valence-corrected chi connectivity index (χ1v) is 7.66. The van der Waals surface area contributed by atoms with E-state index in [0.29, 0.717) is 25.1 Å². The molecule has 0 bridgehead atoms. The van der Waals surface area contributed by atoms with Crippen molar-refractivity contribution in [3.05, 3.63) is 29.3 Å². The van der Waals surface area contributed by atoms with Gasteiger partial charge >= 0.3 is 0 Å². The second-order valence-electron chi connectivity index (χ2n) is 5.30. The maximum absolute atomic E-state index is 12.8. The fourth-order valence-corrected chi connectivity index (χ4v) is 2.71. The minimum atomic E-state index is -1.02. The van der Waals surface area contributed by atoms with Gasteiger partial charge in [-0.2, -0.15) is 0 Å². The quantitative estimate of drug-likeness (QED) is 0.446. The van der Waals surface area contributed by atoms with E-state index in [9.17, 15) is 19.2 Å². The van der Waals surface area contributed by atoms with Gasteiger partial charge < -0.3 is 21.2 Å². The van der Waals surface area contributed by atoms with Crippen LogP contribution in [0.25, 0.3) is 0 Å². The molecule has 1 aliphatic heterocycles. The third-order valence-corrected chi connectivity index (χ3v) is 3.82.